The molecule has 3 aliphatic rings. The van der Waals surface area contributed by atoms with Gasteiger partial charge in [0, 0.05) is 6.04 Å². The monoisotopic (exact) mass is 244 g/mol. The molecule has 2 bridgehead atoms. The largest absolute Gasteiger partial charge is 0.382 e. The van der Waals surface area contributed by atoms with Crippen LogP contribution in [0.1, 0.15) is 29.8 Å². The smallest absolute Gasteiger partial charge is 0.272 e. The molecule has 4 atom stereocenters. The molecule has 18 heavy (non-hydrogen) atoms. The maximum absolute atomic E-state index is 12.0. The van der Waals surface area contributed by atoms with Crippen LogP contribution in [0.3, 0.4) is 0 Å². The molecule has 1 aromatic heterocycles. The number of amides is 1. The van der Waals surface area contributed by atoms with Crippen molar-refractivity contribution < 1.29 is 4.79 Å². The molecular weight excluding hydrogens is 228 g/mol. The Hall–Kier alpha value is -1.65. The second kappa shape index (κ2) is 3.43. The van der Waals surface area contributed by atoms with Gasteiger partial charge in [0.25, 0.3) is 5.91 Å². The highest BCUT2D eigenvalue weighted by Crippen LogP contribution is 2.65. The number of carbonyl (C=O) groups is 1. The first-order valence-electron chi connectivity index (χ1n) is 6.64. The van der Waals surface area contributed by atoms with Crippen LogP contribution in [0.15, 0.2) is 12.1 Å². The number of nitrogens with one attached hydrogen (secondary N) is 1. The maximum atomic E-state index is 12.0. The average molecular weight is 244 g/mol. The summed E-state index contributed by atoms with van der Waals surface area (Å²) < 4.78 is 0. The standard InChI is InChI=1S/C13H16N4O/c14-9-4-3-8(16-17-9)13(18)15-12-10-6-1-2-7(5-6)11(10)12/h3-4,6-7,10-12H,1-2,5H2,(H2,14,17)(H,15,18). The first kappa shape index (κ1) is 10.3. The van der Waals surface area contributed by atoms with E-state index in [2.05, 4.69) is 15.5 Å². The molecule has 5 heteroatoms. The van der Waals surface area contributed by atoms with Crippen LogP contribution in [-0.2, 0) is 0 Å². The van der Waals surface area contributed by atoms with Gasteiger partial charge in [-0.3, -0.25) is 4.79 Å². The zero-order valence-electron chi connectivity index (χ0n) is 10.0. The molecule has 1 heterocycles. The number of rotatable bonds is 2. The SMILES string of the molecule is Nc1ccc(C(=O)NC2C3C4CCC(C4)C23)nn1. The fourth-order valence-electron chi connectivity index (χ4n) is 4.21. The van der Waals surface area contributed by atoms with Gasteiger partial charge in [0.05, 0.1) is 0 Å². The Bertz CT molecular complexity index is 484. The normalized spacial score (nSPS) is 39.4. The number of fused-ring (bicyclic) bond motifs is 5. The number of aromatic nitrogens is 2. The van der Waals surface area contributed by atoms with Crippen LogP contribution < -0.4 is 11.1 Å². The highest BCUT2D eigenvalue weighted by Gasteiger charge is 2.65. The lowest BCUT2D eigenvalue weighted by Crippen LogP contribution is -2.30. The van der Waals surface area contributed by atoms with Gasteiger partial charge in [-0.15, -0.1) is 10.2 Å². The second-order valence-electron chi connectivity index (χ2n) is 5.83. The van der Waals surface area contributed by atoms with Gasteiger partial charge in [0.15, 0.2) is 5.69 Å². The number of nitrogens with two attached hydrogens (primary N) is 1. The molecule has 1 aromatic rings. The molecular formula is C13H16N4O. The highest BCUT2D eigenvalue weighted by molar-refractivity contribution is 5.92. The average Bonchev–Trinajstić information content (AvgIpc) is 2.78. The summed E-state index contributed by atoms with van der Waals surface area (Å²) in [6.07, 6.45) is 4.11. The maximum Gasteiger partial charge on any atom is 0.272 e. The first-order chi connectivity index (χ1) is 8.74. The summed E-state index contributed by atoms with van der Waals surface area (Å²) in [4.78, 5) is 12.0. The van der Waals surface area contributed by atoms with Gasteiger partial charge < -0.3 is 11.1 Å². The van der Waals surface area contributed by atoms with Crippen molar-refractivity contribution in [1.82, 2.24) is 15.5 Å². The topological polar surface area (TPSA) is 80.9 Å². The van der Waals surface area contributed by atoms with Gasteiger partial charge in [-0.25, -0.2) is 0 Å². The Balaban J connectivity index is 1.44. The molecule has 0 aromatic carbocycles. The van der Waals surface area contributed by atoms with Crippen molar-refractivity contribution in [2.24, 2.45) is 23.7 Å². The molecule has 0 radical (unpaired) electrons. The predicted octanol–water partition coefficient (Wildman–Crippen LogP) is 0.833. The summed E-state index contributed by atoms with van der Waals surface area (Å²) in [6, 6.07) is 3.63. The molecule has 5 nitrogen and oxygen atoms in total. The number of hydrogen-bond acceptors (Lipinski definition) is 4. The summed E-state index contributed by atoms with van der Waals surface area (Å²) in [5.41, 5.74) is 5.82. The molecule has 3 fully saturated rings. The second-order valence-corrected chi connectivity index (χ2v) is 5.83. The number of anilines is 1. The Labute approximate surface area is 105 Å². The summed E-state index contributed by atoms with van der Waals surface area (Å²) in [7, 11) is 0. The van der Waals surface area contributed by atoms with E-state index < -0.39 is 0 Å². The summed E-state index contributed by atoms with van der Waals surface area (Å²) in [5, 5.41) is 10.6. The fourth-order valence-corrected chi connectivity index (χ4v) is 4.21. The molecule has 3 N–H and O–H groups in total. The van der Waals surface area contributed by atoms with Crippen LogP contribution >= 0.6 is 0 Å². The Morgan fingerprint density at radius 1 is 1.22 bits per heavy atom. The van der Waals surface area contributed by atoms with Crippen LogP contribution in [0.2, 0.25) is 0 Å². The lowest BCUT2D eigenvalue weighted by atomic mass is 10.0. The summed E-state index contributed by atoms with van der Waals surface area (Å²) in [5.74, 6) is 3.45. The Morgan fingerprint density at radius 2 is 1.94 bits per heavy atom. The van der Waals surface area contributed by atoms with Crippen LogP contribution in [0, 0.1) is 23.7 Å². The molecule has 4 unspecified atom stereocenters. The zero-order valence-corrected chi connectivity index (χ0v) is 10.0. The van der Waals surface area contributed by atoms with Crippen molar-refractivity contribution in [2.75, 3.05) is 5.73 Å². The van der Waals surface area contributed by atoms with E-state index in [4.69, 9.17) is 5.73 Å². The van der Waals surface area contributed by atoms with E-state index in [-0.39, 0.29) is 5.91 Å². The van der Waals surface area contributed by atoms with Crippen LogP contribution in [0.4, 0.5) is 5.82 Å². The van der Waals surface area contributed by atoms with E-state index in [1.807, 2.05) is 0 Å². The van der Waals surface area contributed by atoms with E-state index >= 15 is 0 Å². The van der Waals surface area contributed by atoms with Gasteiger partial charge in [0.1, 0.15) is 5.82 Å². The van der Waals surface area contributed by atoms with Crippen molar-refractivity contribution >= 4 is 11.7 Å². The van der Waals surface area contributed by atoms with Crippen molar-refractivity contribution in [2.45, 2.75) is 25.3 Å². The van der Waals surface area contributed by atoms with Crippen LogP contribution in [0.5, 0.6) is 0 Å². The van der Waals surface area contributed by atoms with Gasteiger partial charge in [-0.2, -0.15) is 0 Å². The molecule has 3 saturated carbocycles. The number of nitrogen functional groups attached to an aromatic ring is 1. The van der Waals surface area contributed by atoms with Crippen molar-refractivity contribution in [3.8, 4) is 0 Å². The minimum absolute atomic E-state index is 0.110. The van der Waals surface area contributed by atoms with Gasteiger partial charge in [-0.1, -0.05) is 0 Å². The molecule has 3 aliphatic carbocycles. The zero-order chi connectivity index (χ0) is 12.3. The van der Waals surface area contributed by atoms with E-state index in [1.165, 1.54) is 19.3 Å². The minimum atomic E-state index is -0.110. The lowest BCUT2D eigenvalue weighted by Gasteiger charge is -2.09. The predicted molar refractivity (Wildman–Crippen MR) is 65.5 cm³/mol. The van der Waals surface area contributed by atoms with E-state index in [0.29, 0.717) is 17.6 Å². The number of nitrogens with zero attached hydrogens (tertiary/aromatic N) is 2. The fraction of sp³-hybridized carbons (Fsp3) is 0.615. The molecule has 4 rings (SSSR count). The summed E-state index contributed by atoms with van der Waals surface area (Å²) >= 11 is 0. The Kier molecular flexibility index (Phi) is 1.96. The van der Waals surface area contributed by atoms with Gasteiger partial charge in [-0.05, 0) is 55.1 Å². The minimum Gasteiger partial charge on any atom is -0.382 e. The molecule has 0 aliphatic heterocycles. The molecule has 0 saturated heterocycles. The summed E-state index contributed by atoms with van der Waals surface area (Å²) in [6.45, 7) is 0. The molecule has 0 spiro atoms. The number of carbonyl (C=O) groups excluding carboxylic acids is 1. The van der Waals surface area contributed by atoms with Crippen LogP contribution in [-0.4, -0.2) is 22.1 Å². The third kappa shape index (κ3) is 1.36. The molecule has 1 amide bonds. The quantitative estimate of drug-likeness (QED) is 0.807. The van der Waals surface area contributed by atoms with Crippen molar-refractivity contribution in [3.05, 3.63) is 17.8 Å². The van der Waals surface area contributed by atoms with Crippen molar-refractivity contribution in [1.29, 1.82) is 0 Å². The third-order valence-corrected chi connectivity index (χ3v) is 4.95. The van der Waals surface area contributed by atoms with E-state index in [1.54, 1.807) is 12.1 Å². The molecule has 94 valence electrons. The Morgan fingerprint density at radius 3 is 2.56 bits per heavy atom. The van der Waals surface area contributed by atoms with Gasteiger partial charge in [0.2, 0.25) is 0 Å². The van der Waals surface area contributed by atoms with Crippen molar-refractivity contribution in [3.63, 3.8) is 0 Å². The first-order valence-corrected chi connectivity index (χ1v) is 6.64. The number of hydrogen-bond donors (Lipinski definition) is 2. The lowest BCUT2D eigenvalue weighted by molar-refractivity contribution is 0.0938. The van der Waals surface area contributed by atoms with Crippen LogP contribution in [0.25, 0.3) is 0 Å². The van der Waals surface area contributed by atoms with E-state index in [0.717, 1.165) is 23.7 Å². The highest BCUT2D eigenvalue weighted by atomic mass is 16.2. The third-order valence-electron chi connectivity index (χ3n) is 4.95. The van der Waals surface area contributed by atoms with Gasteiger partial charge >= 0.3 is 0 Å². The van der Waals surface area contributed by atoms with E-state index in [9.17, 15) is 4.79 Å².